The minimum Gasteiger partial charge on any atom is -0.445 e. The third kappa shape index (κ3) is 6.24. The van der Waals surface area contributed by atoms with Crippen molar-refractivity contribution >= 4 is 12.0 Å². The van der Waals surface area contributed by atoms with Crippen LogP contribution in [-0.4, -0.2) is 42.6 Å². The van der Waals surface area contributed by atoms with E-state index in [0.717, 1.165) is 38.3 Å². The molecule has 0 atom stereocenters. The Morgan fingerprint density at radius 2 is 1.83 bits per heavy atom. The maximum Gasteiger partial charge on any atom is 0.407 e. The third-order valence-corrected chi connectivity index (χ3v) is 4.99. The first-order chi connectivity index (χ1) is 11.2. The molecule has 0 aromatic carbocycles. The van der Waals surface area contributed by atoms with Gasteiger partial charge in [0.1, 0.15) is 6.61 Å². The zero-order chi connectivity index (χ0) is 16.5. The van der Waals surface area contributed by atoms with Crippen LogP contribution < -0.4 is 5.32 Å². The first kappa shape index (κ1) is 17.8. The topological polar surface area (TPSA) is 58.6 Å². The molecule has 0 aromatic heterocycles. The number of carbonyl (C=O) groups is 2. The fourth-order valence-corrected chi connectivity index (χ4v) is 3.58. The Balaban J connectivity index is 1.62. The van der Waals surface area contributed by atoms with Crippen LogP contribution in [0.2, 0.25) is 0 Å². The zero-order valence-corrected chi connectivity index (χ0v) is 14.1. The Bertz CT molecular complexity index is 397. The van der Waals surface area contributed by atoms with E-state index in [2.05, 4.69) is 11.9 Å². The number of hydrogen-bond acceptors (Lipinski definition) is 3. The smallest absolute Gasteiger partial charge is 0.407 e. The molecule has 2 fully saturated rings. The highest BCUT2D eigenvalue weighted by atomic mass is 16.5. The highest BCUT2D eigenvalue weighted by molar-refractivity contribution is 5.76. The third-order valence-electron chi connectivity index (χ3n) is 4.99. The van der Waals surface area contributed by atoms with Crippen molar-refractivity contribution < 1.29 is 14.3 Å². The van der Waals surface area contributed by atoms with Crippen LogP contribution in [-0.2, 0) is 9.53 Å². The molecule has 5 heteroatoms. The van der Waals surface area contributed by atoms with Gasteiger partial charge in [0.25, 0.3) is 0 Å². The molecule has 2 aliphatic rings. The van der Waals surface area contributed by atoms with Crippen molar-refractivity contribution in [2.24, 2.45) is 5.92 Å². The lowest BCUT2D eigenvalue weighted by Crippen LogP contribution is -2.46. The first-order valence-electron chi connectivity index (χ1n) is 9.01. The van der Waals surface area contributed by atoms with E-state index in [1.807, 2.05) is 4.90 Å². The summed E-state index contributed by atoms with van der Waals surface area (Å²) in [6, 6.07) is 0.106. The molecule has 1 heterocycles. The van der Waals surface area contributed by atoms with Gasteiger partial charge in [0, 0.05) is 25.6 Å². The van der Waals surface area contributed by atoms with E-state index < -0.39 is 6.09 Å². The Morgan fingerprint density at radius 1 is 1.13 bits per heavy atom. The molecule has 0 radical (unpaired) electrons. The molecule has 1 aliphatic carbocycles. The van der Waals surface area contributed by atoms with E-state index in [1.165, 1.54) is 32.1 Å². The summed E-state index contributed by atoms with van der Waals surface area (Å²) >= 11 is 0. The maximum absolute atomic E-state index is 12.3. The van der Waals surface area contributed by atoms with Gasteiger partial charge in [-0.25, -0.2) is 4.79 Å². The lowest BCUT2D eigenvalue weighted by Gasteiger charge is -2.32. The minimum atomic E-state index is -0.396. The summed E-state index contributed by atoms with van der Waals surface area (Å²) in [5, 5.41) is 2.85. The van der Waals surface area contributed by atoms with Gasteiger partial charge in [-0.2, -0.15) is 0 Å². The average molecular weight is 322 g/mol. The molecule has 0 spiro atoms. The predicted octanol–water partition coefficient (Wildman–Crippen LogP) is 3.25. The van der Waals surface area contributed by atoms with Crippen molar-refractivity contribution in [3.05, 3.63) is 12.7 Å². The molecule has 1 N–H and O–H groups in total. The van der Waals surface area contributed by atoms with Gasteiger partial charge in [0.15, 0.2) is 0 Å². The standard InChI is InChI=1S/C18H30N2O3/c1-2-14-23-18(22)19-16-10-12-20(13-11-16)17(21)9-8-15-6-4-3-5-7-15/h2,15-16H,1,3-14H2,(H,19,22). The van der Waals surface area contributed by atoms with Crippen molar-refractivity contribution in [1.29, 1.82) is 0 Å². The Hall–Kier alpha value is -1.52. The van der Waals surface area contributed by atoms with E-state index in [4.69, 9.17) is 4.74 Å². The Kier molecular flexibility index (Phi) is 7.43. The molecule has 1 saturated carbocycles. The van der Waals surface area contributed by atoms with Gasteiger partial charge in [-0.1, -0.05) is 44.8 Å². The van der Waals surface area contributed by atoms with E-state index in [9.17, 15) is 9.59 Å². The number of amides is 2. The number of nitrogens with zero attached hydrogens (tertiary/aromatic N) is 1. The van der Waals surface area contributed by atoms with Gasteiger partial charge >= 0.3 is 6.09 Å². The molecule has 1 saturated heterocycles. The van der Waals surface area contributed by atoms with Crippen LogP contribution >= 0.6 is 0 Å². The van der Waals surface area contributed by atoms with Gasteiger partial charge in [-0.15, -0.1) is 0 Å². The van der Waals surface area contributed by atoms with Crippen molar-refractivity contribution in [3.8, 4) is 0 Å². The molecule has 5 nitrogen and oxygen atoms in total. The highest BCUT2D eigenvalue weighted by Crippen LogP contribution is 2.27. The molecular weight excluding hydrogens is 292 g/mol. The van der Waals surface area contributed by atoms with Crippen molar-refractivity contribution in [2.75, 3.05) is 19.7 Å². The van der Waals surface area contributed by atoms with Gasteiger partial charge in [-0.05, 0) is 25.2 Å². The SMILES string of the molecule is C=CCOC(=O)NC1CCN(C(=O)CCC2CCCCC2)CC1. The normalized spacial score (nSPS) is 20.1. The second-order valence-electron chi connectivity index (χ2n) is 6.73. The quantitative estimate of drug-likeness (QED) is 0.764. The molecule has 2 amide bonds. The summed E-state index contributed by atoms with van der Waals surface area (Å²) in [5.41, 5.74) is 0. The van der Waals surface area contributed by atoms with Gasteiger partial charge in [0.2, 0.25) is 5.91 Å². The van der Waals surface area contributed by atoms with Crippen molar-refractivity contribution in [1.82, 2.24) is 10.2 Å². The van der Waals surface area contributed by atoms with E-state index >= 15 is 0 Å². The summed E-state index contributed by atoms with van der Waals surface area (Å²) < 4.78 is 4.93. The van der Waals surface area contributed by atoms with Gasteiger partial charge in [0.05, 0.1) is 0 Å². The summed E-state index contributed by atoms with van der Waals surface area (Å²) in [5.74, 6) is 1.04. The molecule has 0 unspecified atom stereocenters. The summed E-state index contributed by atoms with van der Waals surface area (Å²) in [6.07, 6.45) is 11.1. The van der Waals surface area contributed by atoms with Crippen LogP contribution in [0.3, 0.4) is 0 Å². The molecule has 0 bridgehead atoms. The van der Waals surface area contributed by atoms with Crippen LogP contribution in [0.15, 0.2) is 12.7 Å². The Morgan fingerprint density at radius 3 is 2.48 bits per heavy atom. The number of ether oxygens (including phenoxy) is 1. The zero-order valence-electron chi connectivity index (χ0n) is 14.1. The fourth-order valence-electron chi connectivity index (χ4n) is 3.58. The fraction of sp³-hybridized carbons (Fsp3) is 0.778. The number of carbonyl (C=O) groups excluding carboxylic acids is 2. The van der Waals surface area contributed by atoms with Crippen LogP contribution in [0.25, 0.3) is 0 Å². The van der Waals surface area contributed by atoms with Crippen LogP contribution in [0.5, 0.6) is 0 Å². The van der Waals surface area contributed by atoms with Crippen LogP contribution in [0, 0.1) is 5.92 Å². The second kappa shape index (κ2) is 9.58. The second-order valence-corrected chi connectivity index (χ2v) is 6.73. The molecule has 1 aliphatic heterocycles. The summed E-state index contributed by atoms with van der Waals surface area (Å²) in [4.78, 5) is 25.8. The van der Waals surface area contributed by atoms with E-state index in [-0.39, 0.29) is 18.6 Å². The molecule has 130 valence electrons. The van der Waals surface area contributed by atoms with Crippen molar-refractivity contribution in [3.63, 3.8) is 0 Å². The predicted molar refractivity (Wildman–Crippen MR) is 90.1 cm³/mol. The van der Waals surface area contributed by atoms with Gasteiger partial charge < -0.3 is 15.0 Å². The van der Waals surface area contributed by atoms with E-state index in [0.29, 0.717) is 6.42 Å². The van der Waals surface area contributed by atoms with E-state index in [1.54, 1.807) is 6.08 Å². The monoisotopic (exact) mass is 322 g/mol. The molecule has 0 aromatic rings. The lowest BCUT2D eigenvalue weighted by atomic mass is 9.86. The lowest BCUT2D eigenvalue weighted by molar-refractivity contribution is -0.132. The molecule has 23 heavy (non-hydrogen) atoms. The number of nitrogens with one attached hydrogen (secondary N) is 1. The van der Waals surface area contributed by atoms with Crippen molar-refractivity contribution in [2.45, 2.75) is 63.8 Å². The molecule has 2 rings (SSSR count). The number of hydrogen-bond donors (Lipinski definition) is 1. The van der Waals surface area contributed by atoms with Crippen LogP contribution in [0.1, 0.15) is 57.8 Å². The maximum atomic E-state index is 12.3. The van der Waals surface area contributed by atoms with Gasteiger partial charge in [-0.3, -0.25) is 4.79 Å². The number of alkyl carbamates (subject to hydrolysis) is 1. The average Bonchev–Trinajstić information content (AvgIpc) is 2.59. The Labute approximate surface area is 139 Å². The highest BCUT2D eigenvalue weighted by Gasteiger charge is 2.24. The number of rotatable bonds is 6. The minimum absolute atomic E-state index is 0.106. The summed E-state index contributed by atoms with van der Waals surface area (Å²) in [6.45, 7) is 5.20. The number of piperidine rings is 1. The number of likely N-dealkylation sites (tertiary alicyclic amines) is 1. The first-order valence-corrected chi connectivity index (χ1v) is 9.01. The largest absolute Gasteiger partial charge is 0.445 e. The van der Waals surface area contributed by atoms with Crippen LogP contribution in [0.4, 0.5) is 4.79 Å². The molecular formula is C18H30N2O3. The summed E-state index contributed by atoms with van der Waals surface area (Å²) in [7, 11) is 0.